The highest BCUT2D eigenvalue weighted by Crippen LogP contribution is 2.44. The molecule has 0 bridgehead atoms. The van der Waals surface area contributed by atoms with Crippen molar-refractivity contribution in [3.05, 3.63) is 59.7 Å². The Morgan fingerprint density at radius 1 is 0.970 bits per heavy atom. The molecule has 0 aromatic heterocycles. The van der Waals surface area contributed by atoms with E-state index in [4.69, 9.17) is 9.84 Å². The Balaban J connectivity index is 1.65. The maximum Gasteiger partial charge on any atom is 0.407 e. The molecule has 0 saturated heterocycles. The van der Waals surface area contributed by atoms with Crippen LogP contribution >= 0.6 is 0 Å². The van der Waals surface area contributed by atoms with Crippen LogP contribution in [-0.4, -0.2) is 41.3 Å². The van der Waals surface area contributed by atoms with Crippen molar-refractivity contribution in [2.75, 3.05) is 6.61 Å². The second-order valence-corrected chi connectivity index (χ2v) is 9.67. The summed E-state index contributed by atoms with van der Waals surface area (Å²) in [6.45, 7) is 8.72. The normalized spacial score (nSPS) is 14.1. The number of benzene rings is 2. The van der Waals surface area contributed by atoms with Gasteiger partial charge in [0, 0.05) is 12.0 Å². The summed E-state index contributed by atoms with van der Waals surface area (Å²) in [6.07, 6.45) is -0.788. The second kappa shape index (κ2) is 9.25. The first kappa shape index (κ1) is 24.3. The van der Waals surface area contributed by atoms with Gasteiger partial charge < -0.3 is 20.5 Å². The van der Waals surface area contributed by atoms with E-state index in [2.05, 4.69) is 34.9 Å². The Bertz CT molecular complexity index is 1010. The van der Waals surface area contributed by atoms with Gasteiger partial charge >= 0.3 is 12.1 Å². The van der Waals surface area contributed by atoms with Crippen LogP contribution in [0, 0.1) is 5.41 Å². The maximum atomic E-state index is 12.8. The lowest BCUT2D eigenvalue weighted by Crippen LogP contribution is -2.60. The van der Waals surface area contributed by atoms with Gasteiger partial charge in [0.1, 0.15) is 6.61 Å². The first-order valence-corrected chi connectivity index (χ1v) is 11.1. The number of carbonyl (C=O) groups excluding carboxylic acids is 2. The van der Waals surface area contributed by atoms with Crippen LogP contribution in [0.25, 0.3) is 11.1 Å². The molecule has 1 aliphatic rings. The highest BCUT2D eigenvalue weighted by molar-refractivity contribution is 5.85. The lowest BCUT2D eigenvalue weighted by Gasteiger charge is -2.41. The van der Waals surface area contributed by atoms with Crippen molar-refractivity contribution in [3.8, 4) is 11.1 Å². The van der Waals surface area contributed by atoms with E-state index in [0.717, 1.165) is 22.3 Å². The molecule has 7 nitrogen and oxygen atoms in total. The molecular weight excluding hydrogens is 420 g/mol. The number of hydrogen-bond acceptors (Lipinski definition) is 4. The van der Waals surface area contributed by atoms with Crippen molar-refractivity contribution in [2.45, 2.75) is 58.5 Å². The van der Waals surface area contributed by atoms with Crippen molar-refractivity contribution >= 4 is 18.0 Å². The zero-order valence-electron chi connectivity index (χ0n) is 19.8. The molecule has 7 heteroatoms. The van der Waals surface area contributed by atoms with E-state index in [-0.39, 0.29) is 24.9 Å². The van der Waals surface area contributed by atoms with E-state index in [0.29, 0.717) is 0 Å². The number of carboxylic acid groups (broad SMARTS) is 1. The van der Waals surface area contributed by atoms with Crippen molar-refractivity contribution in [3.63, 3.8) is 0 Å². The lowest BCUT2D eigenvalue weighted by molar-refractivity contribution is -0.138. The summed E-state index contributed by atoms with van der Waals surface area (Å²) >= 11 is 0. The number of fused-ring (bicyclic) bond motifs is 3. The highest BCUT2D eigenvalue weighted by Gasteiger charge is 2.45. The van der Waals surface area contributed by atoms with Crippen LogP contribution in [0.4, 0.5) is 4.79 Å². The number of aliphatic carboxylic acids is 1. The van der Waals surface area contributed by atoms with Crippen LogP contribution in [0.5, 0.6) is 0 Å². The third-order valence-electron chi connectivity index (χ3n) is 6.75. The van der Waals surface area contributed by atoms with E-state index in [1.54, 1.807) is 34.6 Å². The predicted octanol–water partition coefficient (Wildman–Crippen LogP) is 4.31. The molecule has 2 aromatic carbocycles. The summed E-state index contributed by atoms with van der Waals surface area (Å²) in [6, 6.07) is 15.7. The summed E-state index contributed by atoms with van der Waals surface area (Å²) in [5.41, 5.74) is 2.57. The number of carboxylic acids is 1. The number of alkyl carbamates (subject to hydrolysis) is 1. The number of rotatable bonds is 8. The molecular formula is C26H32N2O5. The van der Waals surface area contributed by atoms with E-state index in [1.165, 1.54) is 0 Å². The smallest absolute Gasteiger partial charge is 0.407 e. The van der Waals surface area contributed by atoms with Crippen molar-refractivity contribution in [1.82, 2.24) is 10.6 Å². The van der Waals surface area contributed by atoms with Gasteiger partial charge in [0.15, 0.2) is 0 Å². The number of amides is 2. The third kappa shape index (κ3) is 5.02. The summed E-state index contributed by atoms with van der Waals surface area (Å²) in [5.74, 6) is -1.39. The maximum absolute atomic E-state index is 12.8. The van der Waals surface area contributed by atoms with E-state index in [9.17, 15) is 14.4 Å². The fourth-order valence-corrected chi connectivity index (χ4v) is 4.05. The minimum Gasteiger partial charge on any atom is -0.481 e. The van der Waals surface area contributed by atoms with Gasteiger partial charge in [-0.15, -0.1) is 0 Å². The molecule has 3 N–H and O–H groups in total. The van der Waals surface area contributed by atoms with Crippen LogP contribution in [0.1, 0.15) is 58.1 Å². The minimum atomic E-state index is -1.02. The number of nitrogens with one attached hydrogen (secondary N) is 2. The Kier molecular flexibility index (Phi) is 6.81. The molecule has 0 unspecified atom stereocenters. The average Bonchev–Trinajstić information content (AvgIpc) is 3.05. The summed E-state index contributed by atoms with van der Waals surface area (Å²) < 4.78 is 5.62. The van der Waals surface area contributed by atoms with E-state index < -0.39 is 29.1 Å². The molecule has 0 heterocycles. The van der Waals surface area contributed by atoms with Crippen LogP contribution in [0.2, 0.25) is 0 Å². The van der Waals surface area contributed by atoms with Crippen molar-refractivity contribution in [2.24, 2.45) is 5.41 Å². The molecule has 0 spiro atoms. The Hall–Kier alpha value is -3.35. The molecule has 1 aliphatic carbocycles. The fraction of sp³-hybridized carbons (Fsp3) is 0.423. The fourth-order valence-electron chi connectivity index (χ4n) is 4.05. The molecule has 1 atom stereocenters. The SMILES string of the molecule is C[C@@H](CC(=O)O)NC(=O)C(C)(C)C(C)(C)NC(=O)OCC1c2ccccc2-c2ccccc21. The zero-order chi connectivity index (χ0) is 24.4. The van der Waals surface area contributed by atoms with Gasteiger partial charge in [0.25, 0.3) is 0 Å². The first-order chi connectivity index (χ1) is 15.4. The Morgan fingerprint density at radius 2 is 1.48 bits per heavy atom. The van der Waals surface area contributed by atoms with Gasteiger partial charge in [0.2, 0.25) is 5.91 Å². The van der Waals surface area contributed by atoms with Gasteiger partial charge in [-0.05, 0) is 56.9 Å². The van der Waals surface area contributed by atoms with Crippen molar-refractivity contribution in [1.29, 1.82) is 0 Å². The summed E-state index contributed by atoms with van der Waals surface area (Å²) in [7, 11) is 0. The van der Waals surface area contributed by atoms with Crippen LogP contribution in [0.3, 0.4) is 0 Å². The van der Waals surface area contributed by atoms with Gasteiger partial charge in [-0.1, -0.05) is 48.5 Å². The van der Waals surface area contributed by atoms with Gasteiger partial charge in [-0.25, -0.2) is 4.79 Å². The predicted molar refractivity (Wildman–Crippen MR) is 126 cm³/mol. The van der Waals surface area contributed by atoms with Gasteiger partial charge in [-0.3, -0.25) is 9.59 Å². The van der Waals surface area contributed by atoms with Crippen LogP contribution in [0.15, 0.2) is 48.5 Å². The monoisotopic (exact) mass is 452 g/mol. The molecule has 0 saturated carbocycles. The van der Waals surface area contributed by atoms with Gasteiger partial charge in [0.05, 0.1) is 17.4 Å². The van der Waals surface area contributed by atoms with Crippen molar-refractivity contribution < 1.29 is 24.2 Å². The molecule has 2 amide bonds. The Labute approximate surface area is 194 Å². The number of ether oxygens (including phenoxy) is 1. The second-order valence-electron chi connectivity index (χ2n) is 9.67. The molecule has 176 valence electrons. The molecule has 0 fully saturated rings. The molecule has 2 aromatic rings. The van der Waals surface area contributed by atoms with Crippen LogP contribution < -0.4 is 10.6 Å². The molecule has 0 radical (unpaired) electrons. The molecule has 0 aliphatic heterocycles. The van der Waals surface area contributed by atoms with Gasteiger partial charge in [-0.2, -0.15) is 0 Å². The average molecular weight is 453 g/mol. The largest absolute Gasteiger partial charge is 0.481 e. The number of carbonyl (C=O) groups is 3. The topological polar surface area (TPSA) is 105 Å². The minimum absolute atomic E-state index is 0.0561. The standard InChI is InChI=1S/C26H32N2O5/c1-16(14-22(29)30)27-23(31)25(2,3)26(4,5)28-24(32)33-15-21-19-12-8-6-10-17(19)18-11-7-9-13-20(18)21/h6-13,16,21H,14-15H2,1-5H3,(H,27,31)(H,28,32)(H,29,30)/t16-/m0/s1. The van der Waals surface area contributed by atoms with Crippen LogP contribution in [-0.2, 0) is 14.3 Å². The summed E-state index contributed by atoms with van der Waals surface area (Å²) in [5, 5.41) is 14.5. The lowest BCUT2D eigenvalue weighted by atomic mass is 9.73. The van der Waals surface area contributed by atoms with E-state index >= 15 is 0 Å². The quantitative estimate of drug-likeness (QED) is 0.554. The number of hydrogen-bond donors (Lipinski definition) is 3. The highest BCUT2D eigenvalue weighted by atomic mass is 16.5. The first-order valence-electron chi connectivity index (χ1n) is 11.1. The Morgan fingerprint density at radius 3 is 2.00 bits per heavy atom. The third-order valence-corrected chi connectivity index (χ3v) is 6.75. The zero-order valence-corrected chi connectivity index (χ0v) is 19.8. The molecule has 33 heavy (non-hydrogen) atoms. The summed E-state index contributed by atoms with van der Waals surface area (Å²) in [4.78, 5) is 36.5. The van der Waals surface area contributed by atoms with E-state index in [1.807, 2.05) is 24.3 Å². The molecule has 3 rings (SSSR count).